The van der Waals surface area contributed by atoms with Crippen molar-refractivity contribution < 1.29 is 14.3 Å². The molecule has 0 bridgehead atoms. The molecule has 1 N–H and O–H groups in total. The first-order valence-electron chi connectivity index (χ1n) is 9.76. The van der Waals surface area contributed by atoms with E-state index >= 15 is 0 Å². The minimum atomic E-state index is -0.174. The Bertz CT molecular complexity index is 1000. The van der Waals surface area contributed by atoms with E-state index in [1.54, 1.807) is 11.1 Å². The minimum Gasteiger partial charge on any atom is -0.489 e. The van der Waals surface area contributed by atoms with E-state index in [2.05, 4.69) is 10.3 Å². The third kappa shape index (κ3) is 4.54. The standard InChI is InChI=1S/C23H23N3O3/c27-21(16-26-15-19(14-22(26)28)17-6-2-1-3-7-17)24-12-13-29-20-10-4-8-18-9-5-11-25-23(18)20/h1-11,19H,12-16H2,(H,24,27). The molecule has 29 heavy (non-hydrogen) atoms. The minimum absolute atomic E-state index is 0.0204. The van der Waals surface area contributed by atoms with Crippen LogP contribution in [0.2, 0.25) is 0 Å². The molecule has 6 heteroatoms. The Morgan fingerprint density at radius 1 is 1.10 bits per heavy atom. The fourth-order valence-corrected chi connectivity index (χ4v) is 3.65. The van der Waals surface area contributed by atoms with Crippen molar-refractivity contribution >= 4 is 22.7 Å². The molecule has 6 nitrogen and oxygen atoms in total. The van der Waals surface area contributed by atoms with E-state index < -0.39 is 0 Å². The zero-order valence-electron chi connectivity index (χ0n) is 16.1. The summed E-state index contributed by atoms with van der Waals surface area (Å²) in [6, 6.07) is 19.6. The van der Waals surface area contributed by atoms with Gasteiger partial charge in [0.1, 0.15) is 17.9 Å². The van der Waals surface area contributed by atoms with E-state index in [0.29, 0.717) is 31.9 Å². The Morgan fingerprint density at radius 2 is 1.93 bits per heavy atom. The quantitative estimate of drug-likeness (QED) is 0.631. The third-order valence-electron chi connectivity index (χ3n) is 5.10. The molecule has 1 saturated heterocycles. The molecular formula is C23H23N3O3. The number of nitrogens with zero attached hydrogens (tertiary/aromatic N) is 2. The van der Waals surface area contributed by atoms with Gasteiger partial charge >= 0.3 is 0 Å². The maximum atomic E-state index is 12.2. The molecule has 1 aliphatic heterocycles. The molecule has 1 aromatic heterocycles. The molecule has 2 aromatic carbocycles. The second kappa shape index (κ2) is 8.73. The number of ether oxygens (including phenoxy) is 1. The number of para-hydroxylation sites is 1. The van der Waals surface area contributed by atoms with Gasteiger partial charge in [0.15, 0.2) is 0 Å². The van der Waals surface area contributed by atoms with E-state index in [0.717, 1.165) is 16.5 Å². The van der Waals surface area contributed by atoms with Gasteiger partial charge in [-0.15, -0.1) is 0 Å². The molecular weight excluding hydrogens is 366 g/mol. The Kier molecular flexibility index (Phi) is 5.70. The van der Waals surface area contributed by atoms with Crippen molar-refractivity contribution in [2.24, 2.45) is 0 Å². The van der Waals surface area contributed by atoms with E-state index in [9.17, 15) is 9.59 Å². The number of nitrogens with one attached hydrogen (secondary N) is 1. The van der Waals surface area contributed by atoms with E-state index in [1.807, 2.05) is 60.7 Å². The summed E-state index contributed by atoms with van der Waals surface area (Å²) in [5, 5.41) is 3.83. The Hall–Kier alpha value is -3.41. The number of likely N-dealkylation sites (tertiary alicyclic amines) is 1. The van der Waals surface area contributed by atoms with E-state index in [-0.39, 0.29) is 24.3 Å². The number of pyridine rings is 1. The number of fused-ring (bicyclic) bond motifs is 1. The van der Waals surface area contributed by atoms with Crippen molar-refractivity contribution in [3.63, 3.8) is 0 Å². The molecule has 0 spiro atoms. The Labute approximate surface area is 169 Å². The van der Waals surface area contributed by atoms with Crippen LogP contribution in [-0.4, -0.2) is 47.9 Å². The van der Waals surface area contributed by atoms with Crippen molar-refractivity contribution in [2.45, 2.75) is 12.3 Å². The van der Waals surface area contributed by atoms with Gasteiger partial charge in [0.2, 0.25) is 11.8 Å². The average Bonchev–Trinajstić information content (AvgIpc) is 3.12. The van der Waals surface area contributed by atoms with Gasteiger partial charge in [0.25, 0.3) is 0 Å². The molecule has 1 aliphatic rings. The van der Waals surface area contributed by atoms with Crippen molar-refractivity contribution in [1.29, 1.82) is 0 Å². The van der Waals surface area contributed by atoms with Gasteiger partial charge in [-0.2, -0.15) is 0 Å². The summed E-state index contributed by atoms with van der Waals surface area (Å²) in [5.41, 5.74) is 1.94. The summed E-state index contributed by atoms with van der Waals surface area (Å²) in [6.07, 6.45) is 2.18. The first-order valence-corrected chi connectivity index (χ1v) is 9.76. The number of benzene rings is 2. The molecule has 148 valence electrons. The first kappa shape index (κ1) is 18.9. The highest BCUT2D eigenvalue weighted by atomic mass is 16.5. The summed E-state index contributed by atoms with van der Waals surface area (Å²) in [4.78, 5) is 30.5. The summed E-state index contributed by atoms with van der Waals surface area (Å²) in [5.74, 6) is 0.690. The number of amides is 2. The molecule has 1 unspecified atom stereocenters. The predicted molar refractivity (Wildman–Crippen MR) is 111 cm³/mol. The predicted octanol–water partition coefficient (Wildman–Crippen LogP) is 2.75. The monoisotopic (exact) mass is 389 g/mol. The van der Waals surface area contributed by atoms with Crippen LogP contribution in [0.5, 0.6) is 5.75 Å². The lowest BCUT2D eigenvalue weighted by Crippen LogP contribution is -2.39. The lowest BCUT2D eigenvalue weighted by molar-refractivity contribution is -0.133. The van der Waals surface area contributed by atoms with Gasteiger partial charge in [-0.3, -0.25) is 14.6 Å². The van der Waals surface area contributed by atoms with Crippen LogP contribution in [0.1, 0.15) is 17.9 Å². The van der Waals surface area contributed by atoms with Crippen LogP contribution in [0.3, 0.4) is 0 Å². The van der Waals surface area contributed by atoms with Crippen molar-refractivity contribution in [3.8, 4) is 5.75 Å². The summed E-state index contributed by atoms with van der Waals surface area (Å²) in [7, 11) is 0. The highest BCUT2D eigenvalue weighted by molar-refractivity contribution is 5.86. The third-order valence-corrected chi connectivity index (χ3v) is 5.10. The van der Waals surface area contributed by atoms with Crippen LogP contribution in [0.25, 0.3) is 10.9 Å². The SMILES string of the molecule is O=C(CN1CC(c2ccccc2)CC1=O)NCCOc1cccc2cccnc12. The number of rotatable bonds is 7. The highest BCUT2D eigenvalue weighted by Gasteiger charge is 2.31. The summed E-state index contributed by atoms with van der Waals surface area (Å²) < 4.78 is 5.78. The number of carbonyl (C=O) groups excluding carboxylic acids is 2. The van der Waals surface area contributed by atoms with Crippen LogP contribution < -0.4 is 10.1 Å². The maximum Gasteiger partial charge on any atom is 0.239 e. The van der Waals surface area contributed by atoms with Crippen LogP contribution in [0.4, 0.5) is 0 Å². The number of hydrogen-bond donors (Lipinski definition) is 1. The molecule has 0 saturated carbocycles. The Morgan fingerprint density at radius 3 is 2.79 bits per heavy atom. The summed E-state index contributed by atoms with van der Waals surface area (Å²) >= 11 is 0. The molecule has 1 atom stereocenters. The van der Waals surface area contributed by atoms with E-state index in [4.69, 9.17) is 4.74 Å². The maximum absolute atomic E-state index is 12.2. The lowest BCUT2D eigenvalue weighted by atomic mass is 9.99. The summed E-state index contributed by atoms with van der Waals surface area (Å²) in [6.45, 7) is 1.36. The van der Waals surface area contributed by atoms with Crippen LogP contribution in [-0.2, 0) is 9.59 Å². The zero-order valence-corrected chi connectivity index (χ0v) is 16.1. The van der Waals surface area contributed by atoms with Gasteiger partial charge < -0.3 is 15.0 Å². The van der Waals surface area contributed by atoms with Crippen LogP contribution in [0, 0.1) is 0 Å². The fraction of sp³-hybridized carbons (Fsp3) is 0.261. The molecule has 0 radical (unpaired) electrons. The van der Waals surface area contributed by atoms with Crippen LogP contribution >= 0.6 is 0 Å². The zero-order chi connectivity index (χ0) is 20.1. The second-order valence-corrected chi connectivity index (χ2v) is 7.12. The van der Waals surface area contributed by atoms with Gasteiger partial charge in [-0.1, -0.05) is 48.5 Å². The van der Waals surface area contributed by atoms with Crippen molar-refractivity contribution in [2.75, 3.05) is 26.2 Å². The number of hydrogen-bond acceptors (Lipinski definition) is 4. The second-order valence-electron chi connectivity index (χ2n) is 7.12. The van der Waals surface area contributed by atoms with Crippen molar-refractivity contribution in [1.82, 2.24) is 15.2 Å². The molecule has 2 heterocycles. The van der Waals surface area contributed by atoms with Gasteiger partial charge in [0.05, 0.1) is 13.1 Å². The molecule has 1 fully saturated rings. The normalized spacial score (nSPS) is 16.2. The van der Waals surface area contributed by atoms with Gasteiger partial charge in [-0.05, 0) is 17.7 Å². The molecule has 3 aromatic rings. The van der Waals surface area contributed by atoms with Gasteiger partial charge in [0, 0.05) is 30.5 Å². The van der Waals surface area contributed by atoms with Gasteiger partial charge in [-0.25, -0.2) is 0 Å². The smallest absolute Gasteiger partial charge is 0.239 e. The van der Waals surface area contributed by atoms with Crippen LogP contribution in [0.15, 0.2) is 66.9 Å². The highest BCUT2D eigenvalue weighted by Crippen LogP contribution is 2.27. The molecule has 2 amide bonds. The average molecular weight is 389 g/mol. The fourth-order valence-electron chi connectivity index (χ4n) is 3.65. The number of carbonyl (C=O) groups is 2. The molecule has 0 aliphatic carbocycles. The number of aromatic nitrogens is 1. The first-order chi connectivity index (χ1) is 14.2. The Balaban J connectivity index is 1.24. The van der Waals surface area contributed by atoms with Crippen molar-refractivity contribution in [3.05, 3.63) is 72.4 Å². The van der Waals surface area contributed by atoms with E-state index in [1.165, 1.54) is 0 Å². The largest absolute Gasteiger partial charge is 0.489 e. The molecule has 4 rings (SSSR count). The topological polar surface area (TPSA) is 71.5 Å². The lowest BCUT2D eigenvalue weighted by Gasteiger charge is -2.16.